The molecule has 17 heavy (non-hydrogen) atoms. The standard InChI is InChI=1S/C12H19NO4/c1-14-8-9-4-5-11(15-2)12(16-3)10(9)6-7-17-13/h4-5H,6-8,13H2,1-3H3. The van der Waals surface area contributed by atoms with E-state index >= 15 is 0 Å². The number of nitrogens with two attached hydrogens (primary N) is 1. The minimum absolute atomic E-state index is 0.417. The van der Waals surface area contributed by atoms with Crippen LogP contribution in [0.25, 0.3) is 0 Å². The Labute approximate surface area is 101 Å². The molecule has 2 N–H and O–H groups in total. The van der Waals surface area contributed by atoms with E-state index in [1.165, 1.54) is 0 Å². The van der Waals surface area contributed by atoms with E-state index in [-0.39, 0.29) is 0 Å². The molecule has 1 rings (SSSR count). The van der Waals surface area contributed by atoms with Crippen molar-refractivity contribution in [2.24, 2.45) is 5.90 Å². The molecule has 0 spiro atoms. The Morgan fingerprint density at radius 1 is 1.12 bits per heavy atom. The van der Waals surface area contributed by atoms with Crippen LogP contribution in [-0.4, -0.2) is 27.9 Å². The van der Waals surface area contributed by atoms with Gasteiger partial charge in [-0.1, -0.05) is 6.07 Å². The van der Waals surface area contributed by atoms with Crippen LogP contribution in [0.3, 0.4) is 0 Å². The quantitative estimate of drug-likeness (QED) is 0.729. The third-order valence-electron chi connectivity index (χ3n) is 2.52. The summed E-state index contributed by atoms with van der Waals surface area (Å²) in [4.78, 5) is 4.61. The summed E-state index contributed by atoms with van der Waals surface area (Å²) in [5.74, 6) is 6.46. The first-order chi connectivity index (χ1) is 8.28. The van der Waals surface area contributed by atoms with Crippen LogP contribution in [0.15, 0.2) is 12.1 Å². The van der Waals surface area contributed by atoms with E-state index in [0.29, 0.717) is 31.1 Å². The smallest absolute Gasteiger partial charge is 0.164 e. The normalized spacial score (nSPS) is 10.4. The van der Waals surface area contributed by atoms with Crippen LogP contribution < -0.4 is 15.4 Å². The van der Waals surface area contributed by atoms with Crippen molar-refractivity contribution in [2.75, 3.05) is 27.9 Å². The Kier molecular flexibility index (Phi) is 5.76. The van der Waals surface area contributed by atoms with Crippen molar-refractivity contribution < 1.29 is 19.0 Å². The van der Waals surface area contributed by atoms with Crippen molar-refractivity contribution in [2.45, 2.75) is 13.0 Å². The highest BCUT2D eigenvalue weighted by Crippen LogP contribution is 2.34. The monoisotopic (exact) mass is 241 g/mol. The summed E-state index contributed by atoms with van der Waals surface area (Å²) in [6.07, 6.45) is 0.648. The van der Waals surface area contributed by atoms with Crippen molar-refractivity contribution in [3.05, 3.63) is 23.3 Å². The van der Waals surface area contributed by atoms with E-state index in [1.807, 2.05) is 12.1 Å². The van der Waals surface area contributed by atoms with Gasteiger partial charge < -0.3 is 19.0 Å². The number of hydrogen-bond acceptors (Lipinski definition) is 5. The van der Waals surface area contributed by atoms with E-state index in [9.17, 15) is 0 Å². The molecule has 96 valence electrons. The van der Waals surface area contributed by atoms with Crippen molar-refractivity contribution in [3.8, 4) is 11.5 Å². The fraction of sp³-hybridized carbons (Fsp3) is 0.500. The van der Waals surface area contributed by atoms with E-state index in [4.69, 9.17) is 20.1 Å². The molecule has 0 amide bonds. The maximum Gasteiger partial charge on any atom is 0.164 e. The maximum absolute atomic E-state index is 5.37. The van der Waals surface area contributed by atoms with Crippen molar-refractivity contribution in [1.29, 1.82) is 0 Å². The van der Waals surface area contributed by atoms with E-state index in [2.05, 4.69) is 4.84 Å². The van der Waals surface area contributed by atoms with Gasteiger partial charge in [-0.2, -0.15) is 0 Å². The summed E-state index contributed by atoms with van der Waals surface area (Å²) >= 11 is 0. The highest BCUT2D eigenvalue weighted by Gasteiger charge is 2.14. The second-order valence-corrected chi connectivity index (χ2v) is 3.49. The third-order valence-corrected chi connectivity index (χ3v) is 2.52. The zero-order valence-electron chi connectivity index (χ0n) is 10.5. The number of benzene rings is 1. The zero-order valence-corrected chi connectivity index (χ0v) is 10.5. The molecule has 0 heterocycles. The lowest BCUT2D eigenvalue weighted by Crippen LogP contribution is -2.08. The highest BCUT2D eigenvalue weighted by atomic mass is 16.6. The molecule has 0 aliphatic heterocycles. The Bertz CT molecular complexity index is 355. The first-order valence-corrected chi connectivity index (χ1v) is 5.31. The molecule has 0 aliphatic rings. The van der Waals surface area contributed by atoms with Crippen LogP contribution >= 0.6 is 0 Å². The molecule has 1 aromatic carbocycles. The summed E-state index contributed by atoms with van der Waals surface area (Å²) in [5, 5.41) is 0. The first-order valence-electron chi connectivity index (χ1n) is 5.31. The summed E-state index contributed by atoms with van der Waals surface area (Å²) in [6, 6.07) is 3.82. The van der Waals surface area contributed by atoms with Gasteiger partial charge >= 0.3 is 0 Å². The molecule has 0 aliphatic carbocycles. The minimum atomic E-state index is 0.417. The van der Waals surface area contributed by atoms with Gasteiger partial charge in [-0.3, -0.25) is 0 Å². The molecule has 0 fully saturated rings. The predicted octanol–water partition coefficient (Wildman–Crippen LogP) is 1.28. The fourth-order valence-electron chi connectivity index (χ4n) is 1.76. The number of methoxy groups -OCH3 is 3. The minimum Gasteiger partial charge on any atom is -0.493 e. The van der Waals surface area contributed by atoms with Crippen molar-refractivity contribution in [1.82, 2.24) is 0 Å². The summed E-state index contributed by atoms with van der Waals surface area (Å²) in [5.41, 5.74) is 2.04. The van der Waals surface area contributed by atoms with Crippen LogP contribution in [-0.2, 0) is 22.6 Å². The van der Waals surface area contributed by atoms with Gasteiger partial charge in [-0.05, 0) is 11.6 Å². The maximum atomic E-state index is 5.37. The molecule has 5 heteroatoms. The Morgan fingerprint density at radius 3 is 2.41 bits per heavy atom. The molecule has 0 aromatic heterocycles. The van der Waals surface area contributed by atoms with Gasteiger partial charge in [0.15, 0.2) is 11.5 Å². The largest absolute Gasteiger partial charge is 0.493 e. The Morgan fingerprint density at radius 2 is 1.88 bits per heavy atom. The van der Waals surface area contributed by atoms with Crippen LogP contribution in [0, 0.1) is 0 Å². The van der Waals surface area contributed by atoms with E-state index in [0.717, 1.165) is 11.1 Å². The number of rotatable bonds is 7. The van der Waals surface area contributed by atoms with Crippen LogP contribution in [0.4, 0.5) is 0 Å². The molecule has 0 atom stereocenters. The lowest BCUT2D eigenvalue weighted by Gasteiger charge is -2.16. The number of ether oxygens (including phenoxy) is 3. The van der Waals surface area contributed by atoms with Gasteiger partial charge in [0.05, 0.1) is 27.4 Å². The molecule has 0 saturated heterocycles. The Balaban J connectivity index is 3.13. The average molecular weight is 241 g/mol. The molecule has 0 saturated carbocycles. The lowest BCUT2D eigenvalue weighted by atomic mass is 10.0. The summed E-state index contributed by atoms with van der Waals surface area (Å²) < 4.78 is 15.8. The molecule has 0 radical (unpaired) electrons. The third kappa shape index (κ3) is 3.33. The van der Waals surface area contributed by atoms with Crippen LogP contribution in [0.2, 0.25) is 0 Å². The fourth-order valence-corrected chi connectivity index (χ4v) is 1.76. The SMILES string of the molecule is COCc1ccc(OC)c(OC)c1CCON. The molecular formula is C12H19NO4. The molecular weight excluding hydrogens is 222 g/mol. The van der Waals surface area contributed by atoms with Crippen molar-refractivity contribution >= 4 is 0 Å². The van der Waals surface area contributed by atoms with Gasteiger partial charge in [0.2, 0.25) is 0 Å². The average Bonchev–Trinajstić information content (AvgIpc) is 2.36. The number of hydrogen-bond donors (Lipinski definition) is 1. The van der Waals surface area contributed by atoms with Gasteiger partial charge in [-0.25, -0.2) is 5.90 Å². The van der Waals surface area contributed by atoms with Gasteiger partial charge in [0, 0.05) is 19.1 Å². The van der Waals surface area contributed by atoms with Crippen LogP contribution in [0.1, 0.15) is 11.1 Å². The molecule has 5 nitrogen and oxygen atoms in total. The van der Waals surface area contributed by atoms with E-state index in [1.54, 1.807) is 21.3 Å². The topological polar surface area (TPSA) is 62.9 Å². The summed E-state index contributed by atoms with van der Waals surface area (Å²) in [7, 11) is 4.87. The van der Waals surface area contributed by atoms with Crippen molar-refractivity contribution in [3.63, 3.8) is 0 Å². The van der Waals surface area contributed by atoms with Crippen LogP contribution in [0.5, 0.6) is 11.5 Å². The zero-order chi connectivity index (χ0) is 12.7. The second kappa shape index (κ2) is 7.11. The second-order valence-electron chi connectivity index (χ2n) is 3.49. The molecule has 0 bridgehead atoms. The van der Waals surface area contributed by atoms with Gasteiger partial charge in [0.1, 0.15) is 0 Å². The van der Waals surface area contributed by atoms with E-state index < -0.39 is 0 Å². The van der Waals surface area contributed by atoms with Gasteiger partial charge in [-0.15, -0.1) is 0 Å². The molecule has 0 unspecified atom stereocenters. The predicted molar refractivity (Wildman–Crippen MR) is 64.1 cm³/mol. The van der Waals surface area contributed by atoms with Gasteiger partial charge in [0.25, 0.3) is 0 Å². The Hall–Kier alpha value is -1.30. The first kappa shape index (κ1) is 13.8. The molecule has 1 aromatic rings. The lowest BCUT2D eigenvalue weighted by molar-refractivity contribution is 0.139. The summed E-state index contributed by atoms with van der Waals surface area (Å²) in [6.45, 7) is 0.931. The highest BCUT2D eigenvalue weighted by molar-refractivity contribution is 5.50.